The normalized spacial score (nSPS) is 9.69. The van der Waals surface area contributed by atoms with Crippen LogP contribution < -0.4 is 11.1 Å². The monoisotopic (exact) mass is 187 g/mol. The molecule has 0 unspecified atom stereocenters. The molecule has 0 aliphatic rings. The van der Waals surface area contributed by atoms with Gasteiger partial charge in [0.25, 0.3) is 0 Å². The highest BCUT2D eigenvalue weighted by Gasteiger charge is 2.04. The average Bonchev–Trinajstić information content (AvgIpc) is 2.10. The van der Waals surface area contributed by atoms with Gasteiger partial charge in [0, 0.05) is 26.6 Å². The number of carbonyl (C=O) groups is 2. The lowest BCUT2D eigenvalue weighted by Crippen LogP contribution is -2.36. The van der Waals surface area contributed by atoms with E-state index >= 15 is 0 Å². The smallest absolute Gasteiger partial charge is 0.236 e. The van der Waals surface area contributed by atoms with Gasteiger partial charge in [0.1, 0.15) is 0 Å². The first-order valence-electron chi connectivity index (χ1n) is 4.31. The Morgan fingerprint density at radius 3 is 2.54 bits per heavy atom. The highest BCUT2D eigenvalue weighted by atomic mass is 16.2. The highest BCUT2D eigenvalue weighted by Crippen LogP contribution is 1.81. The van der Waals surface area contributed by atoms with Crippen LogP contribution in [0.1, 0.15) is 13.3 Å². The Bertz CT molecular complexity index is 182. The molecule has 0 rings (SSSR count). The lowest BCUT2D eigenvalue weighted by Gasteiger charge is -2.14. The standard InChI is InChI=1S/C8H17N3O2/c1-3-11(2)8(13)6-10-5-4-7(9)12/h10H,3-6H2,1-2H3,(H2,9,12). The van der Waals surface area contributed by atoms with Gasteiger partial charge in [-0.05, 0) is 6.92 Å². The lowest BCUT2D eigenvalue weighted by molar-refractivity contribution is -0.129. The zero-order chi connectivity index (χ0) is 10.3. The molecule has 0 bridgehead atoms. The molecule has 0 aromatic carbocycles. The summed E-state index contributed by atoms with van der Waals surface area (Å²) in [6.45, 7) is 3.31. The molecule has 0 aliphatic carbocycles. The molecule has 13 heavy (non-hydrogen) atoms. The van der Waals surface area contributed by atoms with Gasteiger partial charge >= 0.3 is 0 Å². The van der Waals surface area contributed by atoms with Crippen LogP contribution in [0, 0.1) is 0 Å². The molecule has 0 aliphatic heterocycles. The van der Waals surface area contributed by atoms with E-state index in [1.165, 1.54) is 0 Å². The van der Waals surface area contributed by atoms with E-state index in [2.05, 4.69) is 5.32 Å². The topological polar surface area (TPSA) is 75.4 Å². The fourth-order valence-electron chi connectivity index (χ4n) is 0.718. The molecule has 0 heterocycles. The van der Waals surface area contributed by atoms with Gasteiger partial charge < -0.3 is 16.0 Å². The molecular formula is C8H17N3O2. The van der Waals surface area contributed by atoms with Crippen LogP contribution in [0.5, 0.6) is 0 Å². The van der Waals surface area contributed by atoms with Crippen LogP contribution in [0.4, 0.5) is 0 Å². The molecule has 0 fully saturated rings. The minimum Gasteiger partial charge on any atom is -0.370 e. The molecule has 3 N–H and O–H groups in total. The van der Waals surface area contributed by atoms with Crippen molar-refractivity contribution in [2.45, 2.75) is 13.3 Å². The Balaban J connectivity index is 3.42. The van der Waals surface area contributed by atoms with Crippen LogP contribution in [0.3, 0.4) is 0 Å². The Labute approximate surface area is 78.3 Å². The number of rotatable bonds is 6. The maximum Gasteiger partial charge on any atom is 0.236 e. The third-order valence-electron chi connectivity index (χ3n) is 1.72. The van der Waals surface area contributed by atoms with Gasteiger partial charge in [-0.2, -0.15) is 0 Å². The molecule has 0 aromatic heterocycles. The predicted molar refractivity (Wildman–Crippen MR) is 50.0 cm³/mol. The predicted octanol–water partition coefficient (Wildman–Crippen LogP) is -1.07. The molecular weight excluding hydrogens is 170 g/mol. The van der Waals surface area contributed by atoms with Crippen LogP contribution in [-0.4, -0.2) is 43.4 Å². The van der Waals surface area contributed by atoms with Crippen LogP contribution in [0.15, 0.2) is 0 Å². The number of nitrogens with one attached hydrogen (secondary N) is 1. The maximum absolute atomic E-state index is 11.2. The molecule has 76 valence electrons. The van der Waals surface area contributed by atoms with Crippen molar-refractivity contribution >= 4 is 11.8 Å². The second kappa shape index (κ2) is 6.42. The fourth-order valence-corrected chi connectivity index (χ4v) is 0.718. The van der Waals surface area contributed by atoms with Crippen molar-refractivity contribution < 1.29 is 9.59 Å². The van der Waals surface area contributed by atoms with E-state index in [-0.39, 0.29) is 24.8 Å². The lowest BCUT2D eigenvalue weighted by atomic mass is 10.4. The average molecular weight is 187 g/mol. The maximum atomic E-state index is 11.2. The van der Waals surface area contributed by atoms with Crippen molar-refractivity contribution in [3.05, 3.63) is 0 Å². The van der Waals surface area contributed by atoms with E-state index in [4.69, 9.17) is 5.73 Å². The summed E-state index contributed by atoms with van der Waals surface area (Å²) in [4.78, 5) is 23.1. The van der Waals surface area contributed by atoms with Crippen molar-refractivity contribution in [2.24, 2.45) is 5.73 Å². The molecule has 0 saturated carbocycles. The minimum absolute atomic E-state index is 0.0203. The largest absolute Gasteiger partial charge is 0.370 e. The number of likely N-dealkylation sites (N-methyl/N-ethyl adjacent to an activating group) is 1. The van der Waals surface area contributed by atoms with Crippen molar-refractivity contribution in [1.82, 2.24) is 10.2 Å². The number of carbonyl (C=O) groups excluding carboxylic acids is 2. The van der Waals surface area contributed by atoms with Gasteiger partial charge in [-0.25, -0.2) is 0 Å². The number of hydrogen-bond donors (Lipinski definition) is 2. The van der Waals surface area contributed by atoms with Crippen molar-refractivity contribution in [2.75, 3.05) is 26.7 Å². The van der Waals surface area contributed by atoms with Gasteiger partial charge in [-0.1, -0.05) is 0 Å². The van der Waals surface area contributed by atoms with E-state index in [0.29, 0.717) is 13.1 Å². The van der Waals surface area contributed by atoms with Crippen LogP contribution in [0.2, 0.25) is 0 Å². The third kappa shape index (κ3) is 6.10. The molecule has 0 saturated heterocycles. The summed E-state index contributed by atoms with van der Waals surface area (Å²) in [6, 6.07) is 0. The summed E-state index contributed by atoms with van der Waals surface area (Å²) in [5.74, 6) is -0.337. The Hall–Kier alpha value is -1.10. The summed E-state index contributed by atoms with van der Waals surface area (Å²) >= 11 is 0. The van der Waals surface area contributed by atoms with Crippen molar-refractivity contribution in [3.63, 3.8) is 0 Å². The quantitative estimate of drug-likeness (QED) is 0.520. The Kier molecular flexibility index (Phi) is 5.88. The van der Waals surface area contributed by atoms with Gasteiger partial charge in [0.15, 0.2) is 0 Å². The van der Waals surface area contributed by atoms with Gasteiger partial charge in [-0.15, -0.1) is 0 Å². The molecule has 5 nitrogen and oxygen atoms in total. The van der Waals surface area contributed by atoms with E-state index < -0.39 is 0 Å². The molecule has 0 atom stereocenters. The number of amides is 2. The van der Waals surface area contributed by atoms with Gasteiger partial charge in [0.2, 0.25) is 11.8 Å². The zero-order valence-electron chi connectivity index (χ0n) is 8.17. The Morgan fingerprint density at radius 2 is 2.08 bits per heavy atom. The van der Waals surface area contributed by atoms with Gasteiger partial charge in [0.05, 0.1) is 6.54 Å². The minimum atomic E-state index is -0.358. The number of primary amides is 1. The second-order valence-corrected chi connectivity index (χ2v) is 2.80. The van der Waals surface area contributed by atoms with E-state index in [9.17, 15) is 9.59 Å². The SMILES string of the molecule is CCN(C)C(=O)CNCCC(N)=O. The Morgan fingerprint density at radius 1 is 1.46 bits per heavy atom. The van der Waals surface area contributed by atoms with Crippen molar-refractivity contribution in [3.8, 4) is 0 Å². The van der Waals surface area contributed by atoms with Crippen LogP contribution in [-0.2, 0) is 9.59 Å². The zero-order valence-corrected chi connectivity index (χ0v) is 8.17. The summed E-state index contributed by atoms with van der Waals surface area (Å²) in [6.07, 6.45) is 0.267. The molecule has 0 aromatic rings. The summed E-state index contributed by atoms with van der Waals surface area (Å²) in [7, 11) is 1.73. The first-order valence-corrected chi connectivity index (χ1v) is 4.31. The number of hydrogen-bond acceptors (Lipinski definition) is 3. The first kappa shape index (κ1) is 11.9. The number of nitrogens with two attached hydrogens (primary N) is 1. The van der Waals surface area contributed by atoms with E-state index in [0.717, 1.165) is 0 Å². The van der Waals surface area contributed by atoms with E-state index in [1.807, 2.05) is 6.92 Å². The summed E-state index contributed by atoms with van der Waals surface area (Å²) in [5, 5.41) is 2.84. The highest BCUT2D eigenvalue weighted by molar-refractivity contribution is 5.78. The van der Waals surface area contributed by atoms with E-state index in [1.54, 1.807) is 11.9 Å². The summed E-state index contributed by atoms with van der Waals surface area (Å²) < 4.78 is 0. The molecule has 0 spiro atoms. The van der Waals surface area contributed by atoms with Crippen LogP contribution in [0.25, 0.3) is 0 Å². The van der Waals surface area contributed by atoms with Crippen LogP contribution >= 0.6 is 0 Å². The third-order valence-corrected chi connectivity index (χ3v) is 1.72. The molecule has 2 amide bonds. The fraction of sp³-hybridized carbons (Fsp3) is 0.750. The van der Waals surface area contributed by atoms with Crippen molar-refractivity contribution in [1.29, 1.82) is 0 Å². The molecule has 0 radical (unpaired) electrons. The molecule has 5 heteroatoms. The summed E-state index contributed by atoms with van der Waals surface area (Å²) in [5.41, 5.74) is 4.92. The first-order chi connectivity index (χ1) is 6.07. The second-order valence-electron chi connectivity index (χ2n) is 2.80. The number of nitrogens with zero attached hydrogens (tertiary/aromatic N) is 1. The van der Waals surface area contributed by atoms with Gasteiger partial charge in [-0.3, -0.25) is 9.59 Å².